The van der Waals surface area contributed by atoms with Crippen molar-refractivity contribution in [3.8, 4) is 17.9 Å². The van der Waals surface area contributed by atoms with Crippen LogP contribution in [0, 0.1) is 29.0 Å². The fourth-order valence-corrected chi connectivity index (χ4v) is 1.46. The SMILES string of the molecule is CN(CCC#N)C(=O)c1cc(F)ccc1C#CCO. The van der Waals surface area contributed by atoms with Crippen LogP contribution < -0.4 is 0 Å². The van der Waals surface area contributed by atoms with Crippen LogP contribution in [0.1, 0.15) is 22.3 Å². The third-order valence-corrected chi connectivity index (χ3v) is 2.42. The Hall–Kier alpha value is -2.37. The third kappa shape index (κ3) is 4.09. The van der Waals surface area contributed by atoms with Crippen LogP contribution in [0.2, 0.25) is 0 Å². The average molecular weight is 260 g/mol. The maximum atomic E-state index is 13.2. The maximum Gasteiger partial charge on any atom is 0.255 e. The van der Waals surface area contributed by atoms with Crippen molar-refractivity contribution in [3.63, 3.8) is 0 Å². The van der Waals surface area contributed by atoms with Crippen LogP contribution in [0.3, 0.4) is 0 Å². The molecule has 0 saturated heterocycles. The second-order valence-electron chi connectivity index (χ2n) is 3.78. The van der Waals surface area contributed by atoms with Gasteiger partial charge < -0.3 is 10.0 Å². The fourth-order valence-electron chi connectivity index (χ4n) is 1.46. The normalized spacial score (nSPS) is 9.16. The third-order valence-electron chi connectivity index (χ3n) is 2.42. The van der Waals surface area contributed by atoms with E-state index in [9.17, 15) is 9.18 Å². The lowest BCUT2D eigenvalue weighted by molar-refractivity contribution is 0.0797. The molecule has 0 atom stereocenters. The van der Waals surface area contributed by atoms with Crippen molar-refractivity contribution in [1.29, 1.82) is 5.26 Å². The quantitative estimate of drug-likeness (QED) is 0.829. The number of hydrogen-bond donors (Lipinski definition) is 1. The first-order chi connectivity index (χ1) is 9.10. The molecule has 0 spiro atoms. The van der Waals surface area contributed by atoms with Gasteiger partial charge in [-0.2, -0.15) is 5.26 Å². The highest BCUT2D eigenvalue weighted by Gasteiger charge is 2.15. The van der Waals surface area contributed by atoms with Crippen LogP contribution in [0.25, 0.3) is 0 Å². The van der Waals surface area contributed by atoms with Crippen LogP contribution in [-0.2, 0) is 0 Å². The van der Waals surface area contributed by atoms with Gasteiger partial charge in [0.05, 0.1) is 18.1 Å². The van der Waals surface area contributed by atoms with Crippen LogP contribution in [-0.4, -0.2) is 36.1 Å². The van der Waals surface area contributed by atoms with E-state index < -0.39 is 11.7 Å². The largest absolute Gasteiger partial charge is 0.384 e. The maximum absolute atomic E-state index is 13.2. The van der Waals surface area contributed by atoms with E-state index in [0.717, 1.165) is 6.07 Å². The molecule has 1 rings (SSSR count). The highest BCUT2D eigenvalue weighted by Crippen LogP contribution is 2.13. The Bertz CT molecular complexity index is 567. The summed E-state index contributed by atoms with van der Waals surface area (Å²) in [4.78, 5) is 13.4. The molecule has 0 bridgehead atoms. The molecule has 19 heavy (non-hydrogen) atoms. The van der Waals surface area contributed by atoms with Crippen LogP contribution >= 0.6 is 0 Å². The second kappa shape index (κ2) is 7.15. The number of nitrogens with zero attached hydrogens (tertiary/aromatic N) is 2. The lowest BCUT2D eigenvalue weighted by Gasteiger charge is -2.16. The first kappa shape index (κ1) is 14.7. The summed E-state index contributed by atoms with van der Waals surface area (Å²) in [6.45, 7) is -0.0754. The summed E-state index contributed by atoms with van der Waals surface area (Å²) >= 11 is 0. The van der Waals surface area contributed by atoms with Crippen molar-refractivity contribution >= 4 is 5.91 Å². The predicted octanol–water partition coefficient (Wildman–Crippen LogP) is 1.16. The number of benzene rings is 1. The average Bonchev–Trinajstić information content (AvgIpc) is 2.42. The minimum Gasteiger partial charge on any atom is -0.384 e. The Balaban J connectivity index is 3.07. The Kier molecular flexibility index (Phi) is 5.53. The molecule has 0 aliphatic rings. The summed E-state index contributed by atoms with van der Waals surface area (Å²) in [7, 11) is 1.54. The van der Waals surface area contributed by atoms with Crippen molar-refractivity contribution in [3.05, 3.63) is 35.1 Å². The number of halogens is 1. The highest BCUT2D eigenvalue weighted by molar-refractivity contribution is 5.96. The molecule has 1 amide bonds. The Labute approximate surface area is 111 Å². The molecule has 0 unspecified atom stereocenters. The van der Waals surface area contributed by atoms with Gasteiger partial charge in [0.25, 0.3) is 5.91 Å². The van der Waals surface area contributed by atoms with E-state index in [1.807, 2.05) is 6.07 Å². The summed E-state index contributed by atoms with van der Waals surface area (Å²) < 4.78 is 13.2. The van der Waals surface area contributed by atoms with Crippen molar-refractivity contribution in [2.75, 3.05) is 20.2 Å². The van der Waals surface area contributed by atoms with Crippen molar-refractivity contribution in [1.82, 2.24) is 4.90 Å². The zero-order chi connectivity index (χ0) is 14.3. The number of rotatable bonds is 3. The number of aliphatic hydroxyl groups excluding tert-OH is 1. The smallest absolute Gasteiger partial charge is 0.255 e. The van der Waals surface area contributed by atoms with Gasteiger partial charge in [0.15, 0.2) is 0 Å². The lowest BCUT2D eigenvalue weighted by Crippen LogP contribution is -2.28. The van der Waals surface area contributed by atoms with Gasteiger partial charge in [-0.25, -0.2) is 4.39 Å². The van der Waals surface area contributed by atoms with Gasteiger partial charge in [0.1, 0.15) is 12.4 Å². The molecular weight excluding hydrogens is 247 g/mol. The molecule has 0 aliphatic heterocycles. The van der Waals surface area contributed by atoms with Gasteiger partial charge in [0, 0.05) is 19.2 Å². The number of aliphatic hydroxyl groups is 1. The van der Waals surface area contributed by atoms with E-state index >= 15 is 0 Å². The monoisotopic (exact) mass is 260 g/mol. The molecule has 98 valence electrons. The van der Waals surface area contributed by atoms with Crippen molar-refractivity contribution in [2.24, 2.45) is 0 Å². The number of nitriles is 1. The fraction of sp³-hybridized carbons (Fsp3) is 0.286. The van der Waals surface area contributed by atoms with Crippen LogP contribution in [0.15, 0.2) is 18.2 Å². The van der Waals surface area contributed by atoms with Gasteiger partial charge in [0.2, 0.25) is 0 Å². The van der Waals surface area contributed by atoms with Gasteiger partial charge in [-0.1, -0.05) is 11.8 Å². The van der Waals surface area contributed by atoms with E-state index in [2.05, 4.69) is 11.8 Å². The second-order valence-corrected chi connectivity index (χ2v) is 3.78. The molecule has 5 heteroatoms. The van der Waals surface area contributed by atoms with Gasteiger partial charge in [-0.05, 0) is 18.2 Å². The van der Waals surface area contributed by atoms with E-state index in [4.69, 9.17) is 10.4 Å². The lowest BCUT2D eigenvalue weighted by atomic mass is 10.1. The molecule has 0 aliphatic carbocycles. The zero-order valence-electron chi connectivity index (χ0n) is 10.5. The van der Waals surface area contributed by atoms with Gasteiger partial charge in [-0.15, -0.1) is 0 Å². The molecule has 4 nitrogen and oxygen atoms in total. The number of amides is 1. The topological polar surface area (TPSA) is 64.3 Å². The molecule has 0 saturated carbocycles. The van der Waals surface area contributed by atoms with Gasteiger partial charge in [-0.3, -0.25) is 4.79 Å². The highest BCUT2D eigenvalue weighted by atomic mass is 19.1. The van der Waals surface area contributed by atoms with Crippen molar-refractivity contribution < 1.29 is 14.3 Å². The first-order valence-corrected chi connectivity index (χ1v) is 5.62. The standard InChI is InChI=1S/C14H13FN2O2/c1-17(8-3-7-16)14(19)13-10-12(15)6-5-11(13)4-2-9-18/h5-6,10,18H,3,8-9H2,1H3. The molecule has 0 aromatic heterocycles. The summed E-state index contributed by atoms with van der Waals surface area (Å²) in [6.07, 6.45) is 0.204. The number of hydrogen-bond acceptors (Lipinski definition) is 3. The van der Waals surface area contributed by atoms with Crippen LogP contribution in [0.4, 0.5) is 4.39 Å². The summed E-state index contributed by atoms with van der Waals surface area (Å²) in [5.41, 5.74) is 0.477. The number of carbonyl (C=O) groups excluding carboxylic acids is 1. The van der Waals surface area contributed by atoms with Crippen molar-refractivity contribution in [2.45, 2.75) is 6.42 Å². The zero-order valence-corrected chi connectivity index (χ0v) is 10.5. The van der Waals surface area contributed by atoms with Gasteiger partial charge >= 0.3 is 0 Å². The summed E-state index contributed by atoms with van der Waals surface area (Å²) in [6, 6.07) is 5.63. The summed E-state index contributed by atoms with van der Waals surface area (Å²) in [5, 5.41) is 17.1. The van der Waals surface area contributed by atoms with E-state index in [-0.39, 0.29) is 25.1 Å². The molecule has 1 aromatic carbocycles. The molecule has 0 radical (unpaired) electrons. The Morgan fingerprint density at radius 1 is 1.53 bits per heavy atom. The molecule has 0 fully saturated rings. The Morgan fingerprint density at radius 2 is 2.26 bits per heavy atom. The minimum atomic E-state index is -0.536. The van der Waals surface area contributed by atoms with E-state index in [1.54, 1.807) is 0 Å². The van der Waals surface area contributed by atoms with E-state index in [1.165, 1.54) is 24.1 Å². The molecule has 1 N–H and O–H groups in total. The predicted molar refractivity (Wildman–Crippen MR) is 67.6 cm³/mol. The summed E-state index contributed by atoms with van der Waals surface area (Å²) in [5.74, 6) is 4.08. The molecule has 1 aromatic rings. The Morgan fingerprint density at radius 3 is 2.89 bits per heavy atom. The number of carbonyl (C=O) groups is 1. The first-order valence-electron chi connectivity index (χ1n) is 5.62. The molecule has 0 heterocycles. The van der Waals surface area contributed by atoms with E-state index in [0.29, 0.717) is 5.56 Å². The molecular formula is C14H13FN2O2. The van der Waals surface area contributed by atoms with Crippen LogP contribution in [0.5, 0.6) is 0 Å². The minimum absolute atomic E-state index is 0.126.